The molecule has 0 aliphatic carbocycles. The van der Waals surface area contributed by atoms with Crippen molar-refractivity contribution in [2.24, 2.45) is 0 Å². The van der Waals surface area contributed by atoms with Gasteiger partial charge in [0, 0.05) is 11.0 Å². The minimum absolute atomic E-state index is 0.110. The number of nitrogens with zero attached hydrogens (tertiary/aromatic N) is 1. The number of rotatable bonds is 7. The highest BCUT2D eigenvalue weighted by atomic mass is 32.2. The highest BCUT2D eigenvalue weighted by Gasteiger charge is 2.35. The number of benzene rings is 3. The zero-order valence-corrected chi connectivity index (χ0v) is 23.2. The van der Waals surface area contributed by atoms with Gasteiger partial charge in [0.2, 0.25) is 10.0 Å². The summed E-state index contributed by atoms with van der Waals surface area (Å²) < 4.78 is 31.8. The van der Waals surface area contributed by atoms with Crippen LogP contribution in [0.25, 0.3) is 11.1 Å². The van der Waals surface area contributed by atoms with Crippen molar-refractivity contribution in [1.29, 1.82) is 0 Å². The zero-order chi connectivity index (χ0) is 26.9. The lowest BCUT2D eigenvalue weighted by Crippen LogP contribution is -3.04. The van der Waals surface area contributed by atoms with Gasteiger partial charge < -0.3 is 9.64 Å². The molecule has 38 heavy (non-hydrogen) atoms. The van der Waals surface area contributed by atoms with Gasteiger partial charge in [0.05, 0.1) is 29.1 Å². The molecular formula is C29H30N3O4S2+. The molecule has 0 fully saturated rings. The van der Waals surface area contributed by atoms with E-state index in [0.29, 0.717) is 0 Å². The minimum Gasteiger partial charge on any atom is -0.406 e. The SMILES string of the molecule is CCC(C=C1Sc2ccccc2N1CC(=O)NS(C)(=O)=O)=C1Oc2ccc(-c3ccccc3)cc2[NH+]1CC. The number of allylic oxidation sites excluding steroid dienone is 2. The summed E-state index contributed by atoms with van der Waals surface area (Å²) in [6.45, 7) is 4.91. The van der Waals surface area contributed by atoms with E-state index in [9.17, 15) is 13.2 Å². The van der Waals surface area contributed by atoms with Crippen molar-refractivity contribution in [2.75, 3.05) is 24.2 Å². The molecule has 1 amide bonds. The van der Waals surface area contributed by atoms with Gasteiger partial charge in [-0.05, 0) is 48.7 Å². The van der Waals surface area contributed by atoms with Crippen LogP contribution in [0.4, 0.5) is 11.4 Å². The molecule has 0 aromatic heterocycles. The average molecular weight is 549 g/mol. The second-order valence-corrected chi connectivity index (χ2v) is 12.0. The second-order valence-electron chi connectivity index (χ2n) is 9.15. The van der Waals surface area contributed by atoms with Crippen molar-refractivity contribution in [3.05, 3.63) is 95.4 Å². The van der Waals surface area contributed by atoms with Crippen molar-refractivity contribution in [3.8, 4) is 16.9 Å². The molecular weight excluding hydrogens is 518 g/mol. The molecule has 0 radical (unpaired) electrons. The number of carbonyl (C=O) groups excluding carboxylic acids is 1. The average Bonchev–Trinajstić information content (AvgIpc) is 3.43. The van der Waals surface area contributed by atoms with Crippen molar-refractivity contribution in [2.45, 2.75) is 25.2 Å². The van der Waals surface area contributed by atoms with Gasteiger partial charge in [-0.3, -0.25) is 9.52 Å². The van der Waals surface area contributed by atoms with E-state index in [1.54, 1.807) is 11.8 Å². The Hall–Kier alpha value is -3.53. The highest BCUT2D eigenvalue weighted by molar-refractivity contribution is 8.03. The number of amides is 1. The van der Waals surface area contributed by atoms with Crippen LogP contribution in [-0.2, 0) is 14.8 Å². The fraction of sp³-hybridized carbons (Fsp3) is 0.207. The predicted octanol–water partition coefficient (Wildman–Crippen LogP) is 4.43. The van der Waals surface area contributed by atoms with E-state index >= 15 is 0 Å². The van der Waals surface area contributed by atoms with E-state index in [0.717, 1.165) is 73.8 Å². The Kier molecular flexibility index (Phi) is 7.34. The summed E-state index contributed by atoms with van der Waals surface area (Å²) in [5, 5.41) is 0.846. The summed E-state index contributed by atoms with van der Waals surface area (Å²) in [6, 6.07) is 24.4. The molecule has 196 valence electrons. The Balaban J connectivity index is 1.51. The van der Waals surface area contributed by atoms with Gasteiger partial charge in [0.1, 0.15) is 6.54 Å². The van der Waals surface area contributed by atoms with E-state index in [4.69, 9.17) is 4.74 Å². The first-order chi connectivity index (χ1) is 18.3. The van der Waals surface area contributed by atoms with Crippen LogP contribution in [0.3, 0.4) is 0 Å². The molecule has 0 spiro atoms. The van der Waals surface area contributed by atoms with Crippen molar-refractivity contribution in [1.82, 2.24) is 4.72 Å². The number of ether oxygens (including phenoxy) is 1. The fourth-order valence-electron chi connectivity index (χ4n) is 4.75. The van der Waals surface area contributed by atoms with Crippen LogP contribution in [0, 0.1) is 0 Å². The number of anilines is 1. The van der Waals surface area contributed by atoms with Crippen LogP contribution in [0.1, 0.15) is 20.3 Å². The Morgan fingerprint density at radius 1 is 1.03 bits per heavy atom. The molecule has 0 saturated carbocycles. The lowest BCUT2D eigenvalue weighted by Gasteiger charge is -2.20. The monoisotopic (exact) mass is 548 g/mol. The molecule has 2 heterocycles. The topological polar surface area (TPSA) is 80.2 Å². The quantitative estimate of drug-likeness (QED) is 0.455. The van der Waals surface area contributed by atoms with Crippen LogP contribution in [0.15, 0.2) is 100 Å². The largest absolute Gasteiger partial charge is 0.406 e. The number of carbonyl (C=O) groups is 1. The summed E-state index contributed by atoms with van der Waals surface area (Å²) >= 11 is 1.56. The highest BCUT2D eigenvalue weighted by Crippen LogP contribution is 2.46. The van der Waals surface area contributed by atoms with E-state index in [-0.39, 0.29) is 6.54 Å². The van der Waals surface area contributed by atoms with Crippen LogP contribution in [-0.4, -0.2) is 33.7 Å². The van der Waals surface area contributed by atoms with Crippen LogP contribution >= 0.6 is 11.8 Å². The number of fused-ring (bicyclic) bond motifs is 2. The zero-order valence-electron chi connectivity index (χ0n) is 21.5. The number of quaternary nitrogens is 1. The molecule has 1 unspecified atom stereocenters. The standard InChI is InChI=1S/C29H29N3O4S2/c1-4-20(18-28-32(19-27(33)30-38(3,34)35)23-13-9-10-14-26(23)37-28)29-31(5-2)24-17-22(15-16-25(24)36-29)21-11-7-6-8-12-21/h6-18H,4-5,19H2,1-3H3,(H,30,33)/p+1. The first-order valence-corrected chi connectivity index (χ1v) is 15.2. The number of para-hydroxylation sites is 1. The van der Waals surface area contributed by atoms with Crippen molar-refractivity contribution in [3.63, 3.8) is 0 Å². The molecule has 0 bridgehead atoms. The van der Waals surface area contributed by atoms with Gasteiger partial charge in [0.25, 0.3) is 5.91 Å². The third-order valence-electron chi connectivity index (χ3n) is 6.46. The third-order valence-corrected chi connectivity index (χ3v) is 8.17. The molecule has 7 nitrogen and oxygen atoms in total. The normalized spacial score (nSPS) is 18.7. The van der Waals surface area contributed by atoms with Crippen LogP contribution in [0.2, 0.25) is 0 Å². The first kappa shape index (κ1) is 26.1. The maximum absolute atomic E-state index is 12.6. The Morgan fingerprint density at radius 2 is 1.76 bits per heavy atom. The fourth-order valence-corrected chi connectivity index (χ4v) is 6.36. The van der Waals surface area contributed by atoms with Gasteiger partial charge in [-0.1, -0.05) is 67.2 Å². The lowest BCUT2D eigenvalue weighted by molar-refractivity contribution is -0.794. The van der Waals surface area contributed by atoms with Crippen molar-refractivity contribution < 1.29 is 22.8 Å². The maximum atomic E-state index is 12.6. The van der Waals surface area contributed by atoms with Crippen molar-refractivity contribution >= 4 is 39.1 Å². The van der Waals surface area contributed by atoms with Crippen LogP contribution < -0.4 is 19.3 Å². The summed E-state index contributed by atoms with van der Waals surface area (Å²) in [4.78, 5) is 16.6. The van der Waals surface area contributed by atoms with Crippen LogP contribution in [0.5, 0.6) is 5.75 Å². The first-order valence-electron chi connectivity index (χ1n) is 12.5. The molecule has 5 rings (SSSR count). The number of sulfonamides is 1. The number of nitrogens with one attached hydrogen (secondary N) is 2. The molecule has 9 heteroatoms. The maximum Gasteiger partial charge on any atom is 0.304 e. The number of thioether (sulfide) groups is 1. The van der Waals surface area contributed by atoms with E-state index in [1.165, 1.54) is 0 Å². The van der Waals surface area contributed by atoms with Gasteiger partial charge in [-0.25, -0.2) is 13.3 Å². The predicted molar refractivity (Wildman–Crippen MR) is 152 cm³/mol. The third kappa shape index (κ3) is 5.36. The Morgan fingerprint density at radius 3 is 2.47 bits per heavy atom. The lowest BCUT2D eigenvalue weighted by atomic mass is 10.0. The van der Waals surface area contributed by atoms with E-state index in [1.807, 2.05) is 53.4 Å². The minimum atomic E-state index is -3.65. The number of hydrogen-bond acceptors (Lipinski definition) is 6. The Labute approximate surface area is 227 Å². The molecule has 2 N–H and O–H groups in total. The van der Waals surface area contributed by atoms with Gasteiger partial charge in [-0.2, -0.15) is 0 Å². The molecule has 2 aliphatic rings. The molecule has 2 aliphatic heterocycles. The van der Waals surface area contributed by atoms with E-state index < -0.39 is 15.9 Å². The number of hydrogen-bond donors (Lipinski definition) is 2. The molecule has 3 aromatic rings. The smallest absolute Gasteiger partial charge is 0.304 e. The van der Waals surface area contributed by atoms with Gasteiger partial charge in [0.15, 0.2) is 11.4 Å². The molecule has 0 saturated heterocycles. The van der Waals surface area contributed by atoms with E-state index in [2.05, 4.69) is 48.9 Å². The van der Waals surface area contributed by atoms with Gasteiger partial charge >= 0.3 is 5.88 Å². The summed E-state index contributed by atoms with van der Waals surface area (Å²) in [5.41, 5.74) is 5.28. The Bertz CT molecular complexity index is 1550. The summed E-state index contributed by atoms with van der Waals surface area (Å²) in [7, 11) is -3.65. The molecule has 3 aromatic carbocycles. The van der Waals surface area contributed by atoms with Gasteiger partial charge in [-0.15, -0.1) is 0 Å². The summed E-state index contributed by atoms with van der Waals surface area (Å²) in [6.07, 6.45) is 3.77. The molecule has 1 atom stereocenters. The summed E-state index contributed by atoms with van der Waals surface area (Å²) in [5.74, 6) is 1.10. The second kappa shape index (κ2) is 10.7.